The number of nitrogens with one attached hydrogen (secondary N) is 2. The molecule has 3 N–H and O–H groups in total. The van der Waals surface area contributed by atoms with Gasteiger partial charge in [0.1, 0.15) is 0 Å². The Morgan fingerprint density at radius 3 is 2.48 bits per heavy atom. The minimum Gasteiger partial charge on any atom is -0.481 e. The summed E-state index contributed by atoms with van der Waals surface area (Å²) >= 11 is 0. The Morgan fingerprint density at radius 1 is 1.19 bits per heavy atom. The van der Waals surface area contributed by atoms with Crippen LogP contribution in [0.4, 0.5) is 10.7 Å². The molecule has 1 fully saturated rings. The van der Waals surface area contributed by atoms with Crippen molar-refractivity contribution in [2.45, 2.75) is 38.5 Å². The Balaban J connectivity index is 1.92. The van der Waals surface area contributed by atoms with E-state index in [4.69, 9.17) is 0 Å². The number of carboxylic acids is 1. The lowest BCUT2D eigenvalue weighted by Gasteiger charge is -2.28. The summed E-state index contributed by atoms with van der Waals surface area (Å²) in [7, 11) is 0. The molecule has 114 valence electrons. The number of rotatable bonds is 4. The van der Waals surface area contributed by atoms with Crippen molar-refractivity contribution in [2.75, 3.05) is 11.9 Å². The lowest BCUT2D eigenvalue weighted by molar-refractivity contribution is -0.149. The third-order valence-corrected chi connectivity index (χ3v) is 3.81. The molecule has 0 saturated heterocycles. The van der Waals surface area contributed by atoms with Crippen LogP contribution < -0.4 is 10.6 Å². The van der Waals surface area contributed by atoms with Gasteiger partial charge in [0.05, 0.1) is 17.8 Å². The number of carbonyl (C=O) groups excluding carboxylic acids is 1. The molecule has 8 heteroatoms. The molecule has 0 bridgehead atoms. The van der Waals surface area contributed by atoms with E-state index in [9.17, 15) is 14.7 Å². The summed E-state index contributed by atoms with van der Waals surface area (Å²) in [5.74, 6) is -0.762. The Bertz CT molecular complexity index is 486. The minimum absolute atomic E-state index is 0.0836. The van der Waals surface area contributed by atoms with Crippen molar-refractivity contribution in [1.82, 2.24) is 20.5 Å². The lowest BCUT2D eigenvalue weighted by atomic mass is 9.80. The topological polar surface area (TPSA) is 117 Å². The highest BCUT2D eigenvalue weighted by atomic mass is 16.4. The molecule has 1 aliphatic rings. The molecule has 0 unspecified atom stereocenters. The first-order chi connectivity index (χ1) is 10.1. The Hall–Kier alpha value is -2.25. The van der Waals surface area contributed by atoms with E-state index >= 15 is 0 Å². The smallest absolute Gasteiger partial charge is 0.321 e. The predicted molar refractivity (Wildman–Crippen MR) is 74.6 cm³/mol. The zero-order chi connectivity index (χ0) is 15.1. The van der Waals surface area contributed by atoms with Crippen LogP contribution in [0.2, 0.25) is 0 Å². The molecular formula is C13H19N5O3. The van der Waals surface area contributed by atoms with Gasteiger partial charge in [0.2, 0.25) is 0 Å². The molecule has 1 aromatic heterocycles. The molecule has 2 rings (SSSR count). The van der Waals surface area contributed by atoms with Crippen molar-refractivity contribution < 1.29 is 14.7 Å². The second-order valence-corrected chi connectivity index (χ2v) is 5.27. The van der Waals surface area contributed by atoms with Gasteiger partial charge in [-0.25, -0.2) is 9.78 Å². The minimum atomic E-state index is -0.871. The second-order valence-electron chi connectivity index (χ2n) is 5.27. The Kier molecular flexibility index (Phi) is 5.02. The van der Waals surface area contributed by atoms with Crippen LogP contribution in [0.15, 0.2) is 12.4 Å². The SMILES string of the molecule is O=C(NCC1(C(=O)O)CCCCCC1)Nc1nccnn1. The first-order valence-corrected chi connectivity index (χ1v) is 7.04. The number of nitrogens with zero attached hydrogens (tertiary/aromatic N) is 3. The first kappa shape index (κ1) is 15.1. The van der Waals surface area contributed by atoms with Crippen LogP contribution in [0.3, 0.4) is 0 Å². The largest absolute Gasteiger partial charge is 0.481 e. The third-order valence-electron chi connectivity index (χ3n) is 3.81. The molecule has 0 aromatic carbocycles. The number of amides is 2. The van der Waals surface area contributed by atoms with E-state index in [0.717, 1.165) is 25.7 Å². The van der Waals surface area contributed by atoms with E-state index in [1.165, 1.54) is 12.4 Å². The molecule has 0 spiro atoms. The van der Waals surface area contributed by atoms with Crippen molar-refractivity contribution in [1.29, 1.82) is 0 Å². The average molecular weight is 293 g/mol. The fourth-order valence-electron chi connectivity index (χ4n) is 2.57. The monoisotopic (exact) mass is 293 g/mol. The van der Waals surface area contributed by atoms with Crippen molar-refractivity contribution in [3.8, 4) is 0 Å². The number of aliphatic carboxylic acids is 1. The highest BCUT2D eigenvalue weighted by molar-refractivity contribution is 5.87. The zero-order valence-corrected chi connectivity index (χ0v) is 11.7. The van der Waals surface area contributed by atoms with Crippen LogP contribution >= 0.6 is 0 Å². The molecule has 1 aliphatic carbocycles. The van der Waals surface area contributed by atoms with E-state index in [-0.39, 0.29) is 12.5 Å². The van der Waals surface area contributed by atoms with Gasteiger partial charge in [-0.1, -0.05) is 25.7 Å². The van der Waals surface area contributed by atoms with Crippen LogP contribution in [0.1, 0.15) is 38.5 Å². The molecule has 0 aliphatic heterocycles. The van der Waals surface area contributed by atoms with Crippen LogP contribution in [-0.4, -0.2) is 38.8 Å². The number of anilines is 1. The summed E-state index contributed by atoms with van der Waals surface area (Å²) in [5, 5.41) is 21.8. The molecule has 0 radical (unpaired) electrons. The van der Waals surface area contributed by atoms with E-state index < -0.39 is 17.4 Å². The summed E-state index contributed by atoms with van der Waals surface area (Å²) in [4.78, 5) is 27.2. The van der Waals surface area contributed by atoms with Gasteiger partial charge in [-0.3, -0.25) is 10.1 Å². The number of carbonyl (C=O) groups is 2. The van der Waals surface area contributed by atoms with Gasteiger partial charge >= 0.3 is 12.0 Å². The number of hydrogen-bond acceptors (Lipinski definition) is 5. The summed E-state index contributed by atoms with van der Waals surface area (Å²) in [5.41, 5.74) is -0.871. The van der Waals surface area contributed by atoms with Gasteiger partial charge in [-0.05, 0) is 12.8 Å². The first-order valence-electron chi connectivity index (χ1n) is 7.04. The summed E-state index contributed by atoms with van der Waals surface area (Å²) in [6.45, 7) is 0.106. The fourth-order valence-corrected chi connectivity index (χ4v) is 2.57. The van der Waals surface area contributed by atoms with Crippen molar-refractivity contribution >= 4 is 17.9 Å². The van der Waals surface area contributed by atoms with Gasteiger partial charge < -0.3 is 10.4 Å². The van der Waals surface area contributed by atoms with Crippen LogP contribution in [0.5, 0.6) is 0 Å². The van der Waals surface area contributed by atoms with Crippen molar-refractivity contribution in [3.63, 3.8) is 0 Å². The van der Waals surface area contributed by atoms with Crippen LogP contribution in [-0.2, 0) is 4.79 Å². The quantitative estimate of drug-likeness (QED) is 0.723. The number of aromatic nitrogens is 3. The fraction of sp³-hybridized carbons (Fsp3) is 0.615. The molecule has 1 aromatic rings. The maximum absolute atomic E-state index is 11.8. The van der Waals surface area contributed by atoms with Crippen molar-refractivity contribution in [3.05, 3.63) is 12.4 Å². The summed E-state index contributed by atoms with van der Waals surface area (Å²) < 4.78 is 0. The predicted octanol–water partition coefficient (Wildman–Crippen LogP) is 1.42. The molecule has 8 nitrogen and oxygen atoms in total. The van der Waals surface area contributed by atoms with Crippen LogP contribution in [0.25, 0.3) is 0 Å². The van der Waals surface area contributed by atoms with Gasteiger partial charge in [0, 0.05) is 6.54 Å². The maximum atomic E-state index is 11.8. The highest BCUT2D eigenvalue weighted by Gasteiger charge is 2.38. The van der Waals surface area contributed by atoms with E-state index in [1.54, 1.807) is 0 Å². The molecule has 21 heavy (non-hydrogen) atoms. The molecule has 1 heterocycles. The lowest BCUT2D eigenvalue weighted by Crippen LogP contribution is -2.44. The number of carboxylic acid groups (broad SMARTS) is 1. The van der Waals surface area contributed by atoms with Crippen molar-refractivity contribution in [2.24, 2.45) is 5.41 Å². The average Bonchev–Trinajstić information content (AvgIpc) is 2.73. The standard InChI is InChI=1S/C13H19N5O3/c19-10(20)13(5-3-1-2-4-6-13)9-15-12(21)17-11-14-7-8-16-18-11/h7-8H,1-6,9H2,(H,19,20)(H2,14,15,17,18,21). The summed E-state index contributed by atoms with van der Waals surface area (Å²) in [6, 6.07) is -0.520. The third kappa shape index (κ3) is 4.11. The second kappa shape index (κ2) is 6.96. The van der Waals surface area contributed by atoms with Gasteiger partial charge in [0.15, 0.2) is 0 Å². The normalized spacial score (nSPS) is 17.5. The summed E-state index contributed by atoms with van der Waals surface area (Å²) in [6.07, 6.45) is 7.83. The van der Waals surface area contributed by atoms with Gasteiger partial charge in [-0.15, -0.1) is 5.10 Å². The van der Waals surface area contributed by atoms with E-state index in [1.807, 2.05) is 0 Å². The molecule has 2 amide bonds. The highest BCUT2D eigenvalue weighted by Crippen LogP contribution is 2.34. The molecule has 1 saturated carbocycles. The van der Waals surface area contributed by atoms with E-state index in [0.29, 0.717) is 12.8 Å². The Morgan fingerprint density at radius 2 is 1.90 bits per heavy atom. The number of hydrogen-bond donors (Lipinski definition) is 3. The molecular weight excluding hydrogens is 274 g/mol. The van der Waals surface area contributed by atoms with E-state index in [2.05, 4.69) is 25.8 Å². The van der Waals surface area contributed by atoms with Gasteiger partial charge in [-0.2, -0.15) is 5.10 Å². The van der Waals surface area contributed by atoms with Crippen LogP contribution in [0, 0.1) is 5.41 Å². The van der Waals surface area contributed by atoms with Gasteiger partial charge in [0.25, 0.3) is 5.95 Å². The Labute approximate surface area is 122 Å². The molecule has 0 atom stereocenters. The number of urea groups is 1. The zero-order valence-electron chi connectivity index (χ0n) is 11.7. The maximum Gasteiger partial charge on any atom is 0.321 e.